The number of hydrogen-bond acceptors (Lipinski definition) is 3. The minimum Gasteiger partial charge on any atom is -0.244 e. The molecule has 2 rings (SSSR count). The van der Waals surface area contributed by atoms with E-state index < -0.39 is 15.8 Å². The number of hydrogen-bond donors (Lipinski definition) is 0. The van der Waals surface area contributed by atoms with Gasteiger partial charge in [0.1, 0.15) is 11.0 Å². The number of halogens is 2. The molecule has 0 aliphatic heterocycles. The van der Waals surface area contributed by atoms with E-state index in [1.807, 2.05) is 0 Å². The van der Waals surface area contributed by atoms with Crippen LogP contribution < -0.4 is 0 Å². The molecular weight excluding hydrogens is 315 g/mol. The maximum absolute atomic E-state index is 13.2. The number of nitrogens with zero attached hydrogens (tertiary/aromatic N) is 2. The van der Waals surface area contributed by atoms with Crippen molar-refractivity contribution in [3.8, 4) is 0 Å². The number of benzene rings is 1. The number of rotatable bonds is 5. The van der Waals surface area contributed by atoms with Gasteiger partial charge in [0.2, 0.25) is 10.0 Å². The molecule has 0 radical (unpaired) electrons. The highest BCUT2D eigenvalue weighted by molar-refractivity contribution is 7.89. The van der Waals surface area contributed by atoms with Gasteiger partial charge in [-0.1, -0.05) is 30.7 Å². The lowest BCUT2D eigenvalue weighted by Gasteiger charge is -2.20. The number of aromatic nitrogens is 1. The molecule has 4 nitrogen and oxygen atoms in total. The molecular formula is C14H14ClFN2O2S. The molecule has 0 unspecified atom stereocenters. The lowest BCUT2D eigenvalue weighted by atomic mass is 10.2. The molecule has 0 saturated carbocycles. The van der Waals surface area contributed by atoms with E-state index in [4.69, 9.17) is 11.6 Å². The average Bonchev–Trinajstić information content (AvgIpc) is 2.44. The maximum atomic E-state index is 13.2. The van der Waals surface area contributed by atoms with Gasteiger partial charge in [-0.25, -0.2) is 17.8 Å². The number of sulfonamides is 1. The third-order valence-electron chi connectivity index (χ3n) is 2.94. The first-order valence-electron chi connectivity index (χ1n) is 6.29. The van der Waals surface area contributed by atoms with Crippen LogP contribution in [0.15, 0.2) is 47.5 Å². The van der Waals surface area contributed by atoms with Gasteiger partial charge in [0, 0.05) is 19.3 Å². The van der Waals surface area contributed by atoms with Gasteiger partial charge >= 0.3 is 0 Å². The molecule has 0 spiro atoms. The fourth-order valence-corrected chi connectivity index (χ4v) is 3.59. The van der Waals surface area contributed by atoms with Crippen molar-refractivity contribution >= 4 is 21.6 Å². The van der Waals surface area contributed by atoms with Gasteiger partial charge < -0.3 is 0 Å². The van der Waals surface area contributed by atoms with Crippen molar-refractivity contribution in [1.29, 1.82) is 0 Å². The molecule has 1 heterocycles. The van der Waals surface area contributed by atoms with Crippen LogP contribution in [0.25, 0.3) is 0 Å². The van der Waals surface area contributed by atoms with E-state index >= 15 is 0 Å². The monoisotopic (exact) mass is 328 g/mol. The summed E-state index contributed by atoms with van der Waals surface area (Å²) in [5.74, 6) is -0.395. The fraction of sp³-hybridized carbons (Fsp3) is 0.214. The smallest absolute Gasteiger partial charge is 0.243 e. The minimum atomic E-state index is -3.70. The zero-order valence-electron chi connectivity index (χ0n) is 11.3. The molecule has 0 aliphatic rings. The summed E-state index contributed by atoms with van der Waals surface area (Å²) < 4.78 is 39.6. The maximum Gasteiger partial charge on any atom is 0.243 e. The second-order valence-corrected chi connectivity index (χ2v) is 6.70. The Morgan fingerprint density at radius 3 is 2.67 bits per heavy atom. The normalized spacial score (nSPS) is 11.8. The predicted octanol–water partition coefficient (Wildman–Crippen LogP) is 3.08. The van der Waals surface area contributed by atoms with Gasteiger partial charge in [0.05, 0.1) is 4.90 Å². The second kappa shape index (κ2) is 6.51. The Balaban J connectivity index is 2.32. The summed E-state index contributed by atoms with van der Waals surface area (Å²) in [5.41, 5.74) is 0.584. The van der Waals surface area contributed by atoms with E-state index in [9.17, 15) is 12.8 Å². The Kier molecular flexibility index (Phi) is 4.92. The topological polar surface area (TPSA) is 50.3 Å². The van der Waals surface area contributed by atoms with Crippen LogP contribution in [-0.4, -0.2) is 24.3 Å². The highest BCUT2D eigenvalue weighted by atomic mass is 35.5. The minimum absolute atomic E-state index is 0.0701. The molecule has 21 heavy (non-hydrogen) atoms. The number of pyridine rings is 1. The highest BCUT2D eigenvalue weighted by Crippen LogP contribution is 2.20. The van der Waals surface area contributed by atoms with E-state index in [2.05, 4.69) is 4.98 Å². The first kappa shape index (κ1) is 15.9. The average molecular weight is 329 g/mol. The van der Waals surface area contributed by atoms with Crippen LogP contribution in [0.2, 0.25) is 5.15 Å². The molecule has 0 bridgehead atoms. The van der Waals surface area contributed by atoms with Gasteiger partial charge in [-0.15, -0.1) is 0 Å². The quantitative estimate of drug-likeness (QED) is 0.792. The van der Waals surface area contributed by atoms with Crippen molar-refractivity contribution in [3.05, 3.63) is 59.1 Å². The molecule has 112 valence electrons. The Labute approximate surface area is 128 Å². The molecule has 0 N–H and O–H groups in total. The molecule has 1 aromatic heterocycles. The van der Waals surface area contributed by atoms with E-state index in [0.29, 0.717) is 5.56 Å². The third-order valence-corrected chi connectivity index (χ3v) is 5.06. The van der Waals surface area contributed by atoms with Gasteiger partial charge in [-0.3, -0.25) is 0 Å². The first-order valence-corrected chi connectivity index (χ1v) is 8.11. The van der Waals surface area contributed by atoms with Crippen LogP contribution in [0.5, 0.6) is 0 Å². The summed E-state index contributed by atoms with van der Waals surface area (Å²) >= 11 is 5.74. The summed E-state index contributed by atoms with van der Waals surface area (Å²) in [5, 5.41) is 0.109. The van der Waals surface area contributed by atoms with Crippen LogP contribution >= 0.6 is 11.6 Å². The van der Waals surface area contributed by atoms with E-state index in [0.717, 1.165) is 0 Å². The Hall–Kier alpha value is -1.50. The summed E-state index contributed by atoms with van der Waals surface area (Å²) in [6.45, 7) is 2.08. The van der Waals surface area contributed by atoms with Crippen LogP contribution in [0.3, 0.4) is 0 Å². The van der Waals surface area contributed by atoms with Crippen molar-refractivity contribution in [2.45, 2.75) is 18.4 Å². The van der Waals surface area contributed by atoms with Gasteiger partial charge in [0.15, 0.2) is 0 Å². The van der Waals surface area contributed by atoms with E-state index in [1.165, 1.54) is 34.8 Å². The lowest BCUT2D eigenvalue weighted by Crippen LogP contribution is -2.30. The second-order valence-electron chi connectivity index (χ2n) is 4.38. The van der Waals surface area contributed by atoms with Crippen molar-refractivity contribution in [2.75, 3.05) is 6.54 Å². The molecule has 0 amide bonds. The Morgan fingerprint density at radius 1 is 1.29 bits per heavy atom. The first-order chi connectivity index (χ1) is 9.93. The fourth-order valence-electron chi connectivity index (χ4n) is 1.90. The molecule has 0 fully saturated rings. The highest BCUT2D eigenvalue weighted by Gasteiger charge is 2.23. The molecule has 0 aliphatic carbocycles. The summed E-state index contributed by atoms with van der Waals surface area (Å²) in [6.07, 6.45) is 1.34. The SMILES string of the molecule is CCN(Cc1cccc(F)c1)S(=O)(=O)c1ccnc(Cl)c1. The van der Waals surface area contributed by atoms with Gasteiger partial charge in [-0.2, -0.15) is 4.31 Å². The summed E-state index contributed by atoms with van der Waals surface area (Å²) in [7, 11) is -3.70. The van der Waals surface area contributed by atoms with Crippen LogP contribution in [0.1, 0.15) is 12.5 Å². The van der Waals surface area contributed by atoms with Crippen molar-refractivity contribution in [1.82, 2.24) is 9.29 Å². The lowest BCUT2D eigenvalue weighted by molar-refractivity contribution is 0.422. The summed E-state index contributed by atoms with van der Waals surface area (Å²) in [4.78, 5) is 3.84. The molecule has 1 aromatic carbocycles. The zero-order chi connectivity index (χ0) is 15.5. The van der Waals surface area contributed by atoms with Crippen molar-refractivity contribution < 1.29 is 12.8 Å². The summed E-state index contributed by atoms with van der Waals surface area (Å²) in [6, 6.07) is 8.55. The van der Waals surface area contributed by atoms with Crippen LogP contribution in [0, 0.1) is 5.82 Å². The van der Waals surface area contributed by atoms with E-state index in [1.54, 1.807) is 19.1 Å². The molecule has 0 atom stereocenters. The van der Waals surface area contributed by atoms with Crippen molar-refractivity contribution in [2.24, 2.45) is 0 Å². The van der Waals surface area contributed by atoms with Crippen LogP contribution in [0.4, 0.5) is 4.39 Å². The van der Waals surface area contributed by atoms with Crippen molar-refractivity contribution in [3.63, 3.8) is 0 Å². The van der Waals surface area contributed by atoms with Gasteiger partial charge in [-0.05, 0) is 29.8 Å². The van der Waals surface area contributed by atoms with E-state index in [-0.39, 0.29) is 23.1 Å². The third kappa shape index (κ3) is 3.78. The Morgan fingerprint density at radius 2 is 2.05 bits per heavy atom. The molecule has 7 heteroatoms. The standard InChI is InChI=1S/C14H14ClFN2O2S/c1-2-18(10-11-4-3-5-12(16)8-11)21(19,20)13-6-7-17-14(15)9-13/h3-9H,2,10H2,1H3. The molecule has 0 saturated heterocycles. The predicted molar refractivity (Wildman–Crippen MR) is 78.9 cm³/mol. The largest absolute Gasteiger partial charge is 0.244 e. The molecule has 2 aromatic rings. The van der Waals surface area contributed by atoms with Crippen LogP contribution in [-0.2, 0) is 16.6 Å². The Bertz CT molecular complexity index is 737. The zero-order valence-corrected chi connectivity index (χ0v) is 12.9. The van der Waals surface area contributed by atoms with Gasteiger partial charge in [0.25, 0.3) is 0 Å².